The van der Waals surface area contributed by atoms with Crippen LogP contribution in [-0.4, -0.2) is 26.0 Å². The molecule has 5 heteroatoms. The van der Waals surface area contributed by atoms with Gasteiger partial charge in [0.25, 0.3) is 0 Å². The minimum Gasteiger partial charge on any atom is -0.355 e. The normalized spacial score (nSPS) is 12.4. The van der Waals surface area contributed by atoms with Crippen molar-refractivity contribution in [3.63, 3.8) is 0 Å². The standard InChI is InChI=1S/C15H23ClN2O.ClH/c1-11(9-17-4)14(19)18-10-15(2,3)12-5-7-13(16)8-6-12;/h5-8,11,17H,9-10H2,1-4H3,(H,18,19);1H. The van der Waals surface area contributed by atoms with Crippen molar-refractivity contribution in [3.05, 3.63) is 34.9 Å². The highest BCUT2D eigenvalue weighted by atomic mass is 35.5. The molecule has 1 amide bonds. The Hall–Kier alpha value is -0.770. The molecule has 0 saturated heterocycles. The third-order valence-electron chi connectivity index (χ3n) is 3.29. The predicted molar refractivity (Wildman–Crippen MR) is 87.8 cm³/mol. The molecule has 20 heavy (non-hydrogen) atoms. The van der Waals surface area contributed by atoms with Gasteiger partial charge in [0.2, 0.25) is 5.91 Å². The fraction of sp³-hybridized carbons (Fsp3) is 0.533. The number of carbonyl (C=O) groups excluding carboxylic acids is 1. The average Bonchev–Trinajstić information content (AvgIpc) is 2.37. The first-order chi connectivity index (χ1) is 8.86. The summed E-state index contributed by atoms with van der Waals surface area (Å²) in [5.41, 5.74) is 1.05. The van der Waals surface area contributed by atoms with Gasteiger partial charge in [-0.15, -0.1) is 12.4 Å². The zero-order valence-electron chi connectivity index (χ0n) is 12.5. The molecule has 1 atom stereocenters. The van der Waals surface area contributed by atoms with Crippen molar-refractivity contribution in [1.82, 2.24) is 10.6 Å². The highest BCUT2D eigenvalue weighted by Gasteiger charge is 2.22. The van der Waals surface area contributed by atoms with Crippen molar-refractivity contribution < 1.29 is 4.79 Å². The lowest BCUT2D eigenvalue weighted by Gasteiger charge is -2.26. The van der Waals surface area contributed by atoms with Gasteiger partial charge in [0.1, 0.15) is 0 Å². The number of carbonyl (C=O) groups is 1. The number of halogens is 2. The summed E-state index contributed by atoms with van der Waals surface area (Å²) in [6, 6.07) is 7.77. The fourth-order valence-electron chi connectivity index (χ4n) is 1.88. The first-order valence-corrected chi connectivity index (χ1v) is 6.93. The Morgan fingerprint density at radius 1 is 1.30 bits per heavy atom. The van der Waals surface area contributed by atoms with E-state index in [0.29, 0.717) is 13.1 Å². The molecule has 0 heterocycles. The molecule has 1 aromatic rings. The molecule has 1 unspecified atom stereocenters. The third-order valence-corrected chi connectivity index (χ3v) is 3.54. The minimum absolute atomic E-state index is 0. The van der Waals surface area contributed by atoms with Gasteiger partial charge in [-0.05, 0) is 24.7 Å². The summed E-state index contributed by atoms with van der Waals surface area (Å²) >= 11 is 5.89. The Bertz CT molecular complexity index is 418. The smallest absolute Gasteiger partial charge is 0.224 e. The van der Waals surface area contributed by atoms with Gasteiger partial charge in [0.15, 0.2) is 0 Å². The molecule has 114 valence electrons. The lowest BCUT2D eigenvalue weighted by Crippen LogP contribution is -2.41. The van der Waals surface area contributed by atoms with Crippen LogP contribution in [0.4, 0.5) is 0 Å². The van der Waals surface area contributed by atoms with Crippen molar-refractivity contribution in [1.29, 1.82) is 0 Å². The van der Waals surface area contributed by atoms with Crippen LogP contribution >= 0.6 is 24.0 Å². The Labute approximate surface area is 132 Å². The number of hydrogen-bond donors (Lipinski definition) is 2. The van der Waals surface area contributed by atoms with Gasteiger partial charge in [-0.3, -0.25) is 4.79 Å². The number of nitrogens with one attached hydrogen (secondary N) is 2. The molecule has 0 spiro atoms. The molecule has 2 N–H and O–H groups in total. The predicted octanol–water partition coefficient (Wildman–Crippen LogP) is 3.01. The maximum absolute atomic E-state index is 11.9. The zero-order chi connectivity index (χ0) is 14.5. The highest BCUT2D eigenvalue weighted by molar-refractivity contribution is 6.30. The summed E-state index contributed by atoms with van der Waals surface area (Å²) in [6.07, 6.45) is 0. The Morgan fingerprint density at radius 3 is 2.35 bits per heavy atom. The second kappa shape index (κ2) is 8.50. The molecule has 0 saturated carbocycles. The van der Waals surface area contributed by atoms with Crippen LogP contribution in [0.3, 0.4) is 0 Å². The second-order valence-corrected chi connectivity index (χ2v) is 6.00. The zero-order valence-corrected chi connectivity index (χ0v) is 14.1. The van der Waals surface area contributed by atoms with Gasteiger partial charge in [-0.1, -0.05) is 44.5 Å². The monoisotopic (exact) mass is 318 g/mol. The molecular formula is C15H24Cl2N2O. The van der Waals surface area contributed by atoms with Gasteiger partial charge in [0, 0.05) is 29.4 Å². The lowest BCUT2D eigenvalue weighted by atomic mass is 9.84. The molecule has 0 radical (unpaired) electrons. The first-order valence-electron chi connectivity index (χ1n) is 6.55. The van der Waals surface area contributed by atoms with Gasteiger partial charge in [-0.25, -0.2) is 0 Å². The lowest BCUT2D eigenvalue weighted by molar-refractivity contribution is -0.124. The number of benzene rings is 1. The number of hydrogen-bond acceptors (Lipinski definition) is 2. The topological polar surface area (TPSA) is 41.1 Å². The van der Waals surface area contributed by atoms with Crippen LogP contribution in [0.2, 0.25) is 5.02 Å². The van der Waals surface area contributed by atoms with Gasteiger partial charge in [0.05, 0.1) is 0 Å². The highest BCUT2D eigenvalue weighted by Crippen LogP contribution is 2.23. The van der Waals surface area contributed by atoms with E-state index < -0.39 is 0 Å². The van der Waals surface area contributed by atoms with E-state index in [9.17, 15) is 4.79 Å². The molecular weight excluding hydrogens is 295 g/mol. The molecule has 0 fully saturated rings. The van der Waals surface area contributed by atoms with E-state index in [1.165, 1.54) is 5.56 Å². The molecule has 0 bridgehead atoms. The maximum Gasteiger partial charge on any atom is 0.224 e. The summed E-state index contributed by atoms with van der Waals surface area (Å²) in [7, 11) is 1.85. The van der Waals surface area contributed by atoms with Gasteiger partial charge in [-0.2, -0.15) is 0 Å². The number of amides is 1. The summed E-state index contributed by atoms with van der Waals surface area (Å²) in [6.45, 7) is 7.44. The van der Waals surface area contributed by atoms with E-state index in [1.807, 2.05) is 38.2 Å². The van der Waals surface area contributed by atoms with Crippen LogP contribution in [-0.2, 0) is 10.2 Å². The van der Waals surface area contributed by atoms with Gasteiger partial charge < -0.3 is 10.6 Å². The molecule has 3 nitrogen and oxygen atoms in total. The largest absolute Gasteiger partial charge is 0.355 e. The number of rotatable bonds is 6. The van der Waals surface area contributed by atoms with E-state index >= 15 is 0 Å². The second-order valence-electron chi connectivity index (χ2n) is 5.57. The molecule has 0 aliphatic heterocycles. The summed E-state index contributed by atoms with van der Waals surface area (Å²) < 4.78 is 0. The Morgan fingerprint density at radius 2 is 1.85 bits per heavy atom. The fourth-order valence-corrected chi connectivity index (χ4v) is 2.01. The van der Waals surface area contributed by atoms with Crippen LogP contribution in [0.15, 0.2) is 24.3 Å². The van der Waals surface area contributed by atoms with E-state index in [2.05, 4.69) is 24.5 Å². The van der Waals surface area contributed by atoms with Crippen molar-refractivity contribution in [2.75, 3.05) is 20.1 Å². The average molecular weight is 319 g/mol. The maximum atomic E-state index is 11.9. The molecule has 0 aromatic heterocycles. The Balaban J connectivity index is 0.00000361. The van der Waals surface area contributed by atoms with Crippen LogP contribution in [0.1, 0.15) is 26.3 Å². The SMILES string of the molecule is CNCC(C)C(=O)NCC(C)(C)c1ccc(Cl)cc1.Cl. The quantitative estimate of drug-likeness (QED) is 0.846. The van der Waals surface area contributed by atoms with Crippen molar-refractivity contribution in [2.45, 2.75) is 26.2 Å². The molecule has 1 rings (SSSR count). The minimum atomic E-state index is -0.111. The van der Waals surface area contributed by atoms with Crippen molar-refractivity contribution >= 4 is 29.9 Å². The third kappa shape index (κ3) is 5.70. The van der Waals surface area contributed by atoms with Crippen molar-refractivity contribution in [2.24, 2.45) is 5.92 Å². The van der Waals surface area contributed by atoms with Crippen LogP contribution < -0.4 is 10.6 Å². The Kier molecular flexibility index (Phi) is 8.17. The van der Waals surface area contributed by atoms with Crippen LogP contribution in [0.5, 0.6) is 0 Å². The van der Waals surface area contributed by atoms with Gasteiger partial charge >= 0.3 is 0 Å². The van der Waals surface area contributed by atoms with E-state index in [1.54, 1.807) is 0 Å². The molecule has 0 aliphatic rings. The van der Waals surface area contributed by atoms with E-state index in [4.69, 9.17) is 11.6 Å². The summed E-state index contributed by atoms with van der Waals surface area (Å²) in [4.78, 5) is 11.9. The summed E-state index contributed by atoms with van der Waals surface area (Å²) in [5, 5.41) is 6.74. The molecule has 0 aliphatic carbocycles. The van der Waals surface area contributed by atoms with E-state index in [0.717, 1.165) is 5.02 Å². The van der Waals surface area contributed by atoms with Crippen molar-refractivity contribution in [3.8, 4) is 0 Å². The van der Waals surface area contributed by atoms with E-state index in [-0.39, 0.29) is 29.6 Å². The van der Waals surface area contributed by atoms with Crippen LogP contribution in [0.25, 0.3) is 0 Å². The first kappa shape index (κ1) is 19.2. The summed E-state index contributed by atoms with van der Waals surface area (Å²) in [5.74, 6) is 0.0578. The van der Waals surface area contributed by atoms with Crippen LogP contribution in [0, 0.1) is 5.92 Å². The molecule has 1 aromatic carbocycles.